The van der Waals surface area contributed by atoms with E-state index in [2.05, 4.69) is 15.0 Å². The van der Waals surface area contributed by atoms with Gasteiger partial charge < -0.3 is 5.32 Å². The van der Waals surface area contributed by atoms with Crippen molar-refractivity contribution < 1.29 is 12.8 Å². The highest BCUT2D eigenvalue weighted by Crippen LogP contribution is 2.27. The van der Waals surface area contributed by atoms with Gasteiger partial charge in [-0.05, 0) is 61.4 Å². The van der Waals surface area contributed by atoms with E-state index in [1.165, 1.54) is 31.4 Å². The molecule has 4 rings (SSSR count). The molecule has 5 nitrogen and oxygen atoms in total. The number of rotatable bonds is 5. The molecule has 0 unspecified atom stereocenters. The molecule has 0 amide bonds. The van der Waals surface area contributed by atoms with Gasteiger partial charge in [0.2, 0.25) is 0 Å². The molecule has 1 aliphatic rings. The Labute approximate surface area is 164 Å². The van der Waals surface area contributed by atoms with Gasteiger partial charge in [0.05, 0.1) is 16.1 Å². The van der Waals surface area contributed by atoms with Gasteiger partial charge in [0.1, 0.15) is 11.6 Å². The summed E-state index contributed by atoms with van der Waals surface area (Å²) in [7, 11) is -3.81. The van der Waals surface area contributed by atoms with Gasteiger partial charge in [-0.1, -0.05) is 25.3 Å². The third-order valence-corrected chi connectivity index (χ3v) is 6.44. The lowest BCUT2D eigenvalue weighted by molar-refractivity contribution is 0.462. The van der Waals surface area contributed by atoms with E-state index in [9.17, 15) is 12.8 Å². The van der Waals surface area contributed by atoms with E-state index in [1.54, 1.807) is 12.1 Å². The van der Waals surface area contributed by atoms with Gasteiger partial charge in [-0.2, -0.15) is 0 Å². The van der Waals surface area contributed by atoms with Gasteiger partial charge in [0.15, 0.2) is 0 Å². The van der Waals surface area contributed by atoms with Crippen LogP contribution in [0, 0.1) is 5.82 Å². The smallest absolute Gasteiger partial charge is 0.261 e. The lowest BCUT2D eigenvalue weighted by Gasteiger charge is -2.23. The highest BCUT2D eigenvalue weighted by molar-refractivity contribution is 7.92. The van der Waals surface area contributed by atoms with Gasteiger partial charge in [0.25, 0.3) is 10.0 Å². The zero-order chi connectivity index (χ0) is 19.6. The predicted molar refractivity (Wildman–Crippen MR) is 109 cm³/mol. The maximum atomic E-state index is 13.1. The molecule has 1 aliphatic carbocycles. The SMILES string of the molecule is O=S(=O)(Nc1cccc2nc(NC3CCCCC3)ccc12)c1ccc(F)cc1. The predicted octanol–water partition coefficient (Wildman–Crippen LogP) is 4.92. The minimum atomic E-state index is -3.81. The number of nitrogens with one attached hydrogen (secondary N) is 2. The third kappa shape index (κ3) is 4.09. The van der Waals surface area contributed by atoms with Gasteiger partial charge in [-0.3, -0.25) is 4.72 Å². The molecule has 1 saturated carbocycles. The summed E-state index contributed by atoms with van der Waals surface area (Å²) in [5.74, 6) is 0.323. The Morgan fingerprint density at radius 1 is 0.929 bits per heavy atom. The van der Waals surface area contributed by atoms with Crippen molar-refractivity contribution in [3.63, 3.8) is 0 Å². The van der Waals surface area contributed by atoms with Crippen LogP contribution in [0.1, 0.15) is 32.1 Å². The van der Waals surface area contributed by atoms with Crippen LogP contribution in [-0.2, 0) is 10.0 Å². The summed E-state index contributed by atoms with van der Waals surface area (Å²) in [6.07, 6.45) is 6.07. The van der Waals surface area contributed by atoms with E-state index < -0.39 is 15.8 Å². The maximum absolute atomic E-state index is 13.1. The molecule has 2 N–H and O–H groups in total. The Morgan fingerprint density at radius 2 is 1.68 bits per heavy atom. The lowest BCUT2D eigenvalue weighted by atomic mass is 9.95. The Balaban J connectivity index is 1.60. The highest BCUT2D eigenvalue weighted by atomic mass is 32.2. The fraction of sp³-hybridized carbons (Fsp3) is 0.286. The molecule has 0 atom stereocenters. The van der Waals surface area contributed by atoms with Gasteiger partial charge in [-0.25, -0.2) is 17.8 Å². The summed E-state index contributed by atoms with van der Waals surface area (Å²) >= 11 is 0. The fourth-order valence-corrected chi connectivity index (χ4v) is 4.68. The zero-order valence-electron chi connectivity index (χ0n) is 15.4. The van der Waals surface area contributed by atoms with E-state index >= 15 is 0 Å². The standard InChI is InChI=1S/C21H22FN3O2S/c22-15-9-11-17(12-10-15)28(26,27)25-20-8-4-7-19-18(20)13-14-21(24-19)23-16-5-2-1-3-6-16/h4,7-14,16,25H,1-3,5-6H2,(H,23,24). The molecule has 0 spiro atoms. The van der Waals surface area contributed by atoms with Crippen molar-refractivity contribution in [2.75, 3.05) is 10.0 Å². The first-order valence-corrected chi connectivity index (χ1v) is 10.9. The Kier molecular flexibility index (Phi) is 5.17. The van der Waals surface area contributed by atoms with Crippen LogP contribution in [-0.4, -0.2) is 19.4 Å². The Bertz CT molecular complexity index is 1080. The molecule has 1 heterocycles. The van der Waals surface area contributed by atoms with Crippen LogP contribution in [0.4, 0.5) is 15.9 Å². The molecular weight excluding hydrogens is 377 g/mol. The van der Waals surface area contributed by atoms with Crippen LogP contribution >= 0.6 is 0 Å². The number of fused-ring (bicyclic) bond motifs is 1. The number of benzene rings is 2. The minimum absolute atomic E-state index is 0.00875. The molecule has 28 heavy (non-hydrogen) atoms. The lowest BCUT2D eigenvalue weighted by Crippen LogP contribution is -2.22. The van der Waals surface area contributed by atoms with Crippen molar-refractivity contribution in [3.05, 3.63) is 60.4 Å². The molecule has 2 aromatic carbocycles. The number of sulfonamides is 1. The number of pyridine rings is 1. The normalized spacial score (nSPS) is 15.5. The molecule has 146 valence electrons. The first kappa shape index (κ1) is 18.7. The van der Waals surface area contributed by atoms with Crippen LogP contribution in [0.25, 0.3) is 10.9 Å². The average Bonchev–Trinajstić information content (AvgIpc) is 2.69. The van der Waals surface area contributed by atoms with E-state index in [0.717, 1.165) is 30.8 Å². The number of nitrogens with zero attached hydrogens (tertiary/aromatic N) is 1. The minimum Gasteiger partial charge on any atom is -0.367 e. The summed E-state index contributed by atoms with van der Waals surface area (Å²) in [5.41, 5.74) is 1.15. The molecule has 1 aromatic heterocycles. The van der Waals surface area contributed by atoms with E-state index in [0.29, 0.717) is 22.6 Å². The number of hydrogen-bond donors (Lipinski definition) is 2. The van der Waals surface area contributed by atoms with Crippen LogP contribution in [0.5, 0.6) is 0 Å². The highest BCUT2D eigenvalue weighted by Gasteiger charge is 2.17. The molecule has 1 fully saturated rings. The first-order chi connectivity index (χ1) is 13.5. The molecule has 0 bridgehead atoms. The second-order valence-electron chi connectivity index (χ2n) is 7.11. The van der Waals surface area contributed by atoms with Crippen LogP contribution < -0.4 is 10.0 Å². The number of hydrogen-bond acceptors (Lipinski definition) is 4. The number of aromatic nitrogens is 1. The van der Waals surface area contributed by atoms with Crippen molar-refractivity contribution in [1.82, 2.24) is 4.98 Å². The summed E-state index contributed by atoms with van der Waals surface area (Å²) in [6, 6.07) is 14.3. The second kappa shape index (κ2) is 7.75. The summed E-state index contributed by atoms with van der Waals surface area (Å²) in [5, 5.41) is 4.20. The van der Waals surface area contributed by atoms with Gasteiger partial charge in [-0.15, -0.1) is 0 Å². The van der Waals surface area contributed by atoms with Gasteiger partial charge >= 0.3 is 0 Å². The van der Waals surface area contributed by atoms with Crippen LogP contribution in [0.15, 0.2) is 59.5 Å². The van der Waals surface area contributed by atoms with Crippen molar-refractivity contribution in [2.45, 2.75) is 43.0 Å². The summed E-state index contributed by atoms with van der Waals surface area (Å²) in [6.45, 7) is 0. The van der Waals surface area contributed by atoms with Crippen molar-refractivity contribution >= 4 is 32.4 Å². The van der Waals surface area contributed by atoms with E-state index in [4.69, 9.17) is 0 Å². The summed E-state index contributed by atoms with van der Waals surface area (Å²) < 4.78 is 40.9. The zero-order valence-corrected chi connectivity index (χ0v) is 16.2. The van der Waals surface area contributed by atoms with Gasteiger partial charge in [0, 0.05) is 11.4 Å². The van der Waals surface area contributed by atoms with Crippen molar-refractivity contribution in [1.29, 1.82) is 0 Å². The van der Waals surface area contributed by atoms with Crippen molar-refractivity contribution in [3.8, 4) is 0 Å². The number of anilines is 2. The molecule has 7 heteroatoms. The fourth-order valence-electron chi connectivity index (χ4n) is 3.60. The first-order valence-electron chi connectivity index (χ1n) is 9.46. The largest absolute Gasteiger partial charge is 0.367 e. The number of halogens is 1. The second-order valence-corrected chi connectivity index (χ2v) is 8.79. The van der Waals surface area contributed by atoms with Crippen molar-refractivity contribution in [2.24, 2.45) is 0 Å². The van der Waals surface area contributed by atoms with E-state index in [-0.39, 0.29) is 4.90 Å². The summed E-state index contributed by atoms with van der Waals surface area (Å²) in [4.78, 5) is 4.66. The Morgan fingerprint density at radius 3 is 2.43 bits per heavy atom. The van der Waals surface area contributed by atoms with Crippen LogP contribution in [0.3, 0.4) is 0 Å². The molecule has 3 aromatic rings. The average molecular weight is 399 g/mol. The maximum Gasteiger partial charge on any atom is 0.261 e. The quantitative estimate of drug-likeness (QED) is 0.639. The molecule has 0 saturated heterocycles. The van der Waals surface area contributed by atoms with Crippen LogP contribution in [0.2, 0.25) is 0 Å². The third-order valence-electron chi connectivity index (χ3n) is 5.06. The molecular formula is C21H22FN3O2S. The van der Waals surface area contributed by atoms with E-state index in [1.807, 2.05) is 18.2 Å². The molecule has 0 aliphatic heterocycles. The topological polar surface area (TPSA) is 71.1 Å². The Hall–Kier alpha value is -2.67. The molecule has 0 radical (unpaired) electrons. The monoisotopic (exact) mass is 399 g/mol.